The average Bonchev–Trinajstić information content (AvgIpc) is 2.67. The van der Waals surface area contributed by atoms with Gasteiger partial charge in [0.25, 0.3) is 0 Å². The number of carbonyl (C=O) groups excluding carboxylic acids is 2. The maximum Gasteiger partial charge on any atom is 0.409 e. The number of halogens is 1. The number of hydrogen-bond acceptors (Lipinski definition) is 4. The van der Waals surface area contributed by atoms with E-state index in [1.807, 2.05) is 38.1 Å². The molecule has 30 heavy (non-hydrogen) atoms. The minimum absolute atomic E-state index is 0. The zero-order valence-electron chi connectivity index (χ0n) is 18.0. The molecule has 1 aliphatic rings. The SMILES string of the molecule is CCOC(=O)N1CCC(NC(N)=NCc2cccc(NC(=O)CC(C)C)c2)CC1.I. The van der Waals surface area contributed by atoms with Crippen molar-refractivity contribution >= 4 is 47.6 Å². The molecule has 0 radical (unpaired) electrons. The van der Waals surface area contributed by atoms with E-state index in [1.165, 1.54) is 0 Å². The highest BCUT2D eigenvalue weighted by molar-refractivity contribution is 14.0. The van der Waals surface area contributed by atoms with Gasteiger partial charge in [-0.25, -0.2) is 9.79 Å². The van der Waals surface area contributed by atoms with Crippen molar-refractivity contribution in [1.29, 1.82) is 0 Å². The summed E-state index contributed by atoms with van der Waals surface area (Å²) in [5, 5.41) is 6.14. The number of carbonyl (C=O) groups is 2. The van der Waals surface area contributed by atoms with Crippen LogP contribution in [0.15, 0.2) is 29.3 Å². The third kappa shape index (κ3) is 9.19. The van der Waals surface area contributed by atoms with E-state index in [1.54, 1.807) is 11.8 Å². The van der Waals surface area contributed by atoms with E-state index in [0.717, 1.165) is 24.1 Å². The first-order chi connectivity index (χ1) is 13.9. The number of nitrogens with two attached hydrogens (primary N) is 1. The lowest BCUT2D eigenvalue weighted by Gasteiger charge is -2.31. The number of amides is 2. The summed E-state index contributed by atoms with van der Waals surface area (Å²) in [4.78, 5) is 29.8. The molecule has 1 saturated heterocycles. The molecule has 168 valence electrons. The van der Waals surface area contributed by atoms with Gasteiger partial charge in [-0.3, -0.25) is 4.79 Å². The molecule has 0 spiro atoms. The molecule has 0 aliphatic carbocycles. The van der Waals surface area contributed by atoms with Gasteiger partial charge in [-0.1, -0.05) is 26.0 Å². The number of nitrogens with zero attached hydrogens (tertiary/aromatic N) is 2. The number of ether oxygens (including phenoxy) is 1. The quantitative estimate of drug-likeness (QED) is 0.284. The van der Waals surface area contributed by atoms with Crippen LogP contribution in [-0.4, -0.2) is 48.6 Å². The number of likely N-dealkylation sites (tertiary alicyclic amines) is 1. The number of aliphatic imine (C=N–C) groups is 1. The molecule has 1 heterocycles. The van der Waals surface area contributed by atoms with E-state index in [4.69, 9.17) is 10.5 Å². The smallest absolute Gasteiger partial charge is 0.409 e. The van der Waals surface area contributed by atoms with Crippen LogP contribution in [0.3, 0.4) is 0 Å². The molecule has 1 aromatic rings. The Morgan fingerprint density at radius 3 is 2.63 bits per heavy atom. The molecular formula is C21H34IN5O3. The Hall–Kier alpha value is -2.04. The second kappa shape index (κ2) is 13.3. The number of rotatable bonds is 7. The molecule has 2 rings (SSSR count). The van der Waals surface area contributed by atoms with Crippen LogP contribution >= 0.6 is 24.0 Å². The summed E-state index contributed by atoms with van der Waals surface area (Å²) < 4.78 is 5.03. The third-order valence-electron chi connectivity index (χ3n) is 4.61. The second-order valence-corrected chi connectivity index (χ2v) is 7.65. The molecular weight excluding hydrogens is 497 g/mol. The molecule has 8 nitrogen and oxygen atoms in total. The topological polar surface area (TPSA) is 109 Å². The number of guanidine groups is 1. The molecule has 9 heteroatoms. The monoisotopic (exact) mass is 531 g/mol. The normalized spacial score (nSPS) is 14.8. The molecule has 0 bridgehead atoms. The van der Waals surface area contributed by atoms with Gasteiger partial charge in [-0.05, 0) is 43.4 Å². The van der Waals surface area contributed by atoms with Crippen LogP contribution in [0.25, 0.3) is 0 Å². The van der Waals surface area contributed by atoms with Gasteiger partial charge in [-0.15, -0.1) is 24.0 Å². The predicted octanol–water partition coefficient (Wildman–Crippen LogP) is 3.31. The Balaban J connectivity index is 0.00000450. The van der Waals surface area contributed by atoms with Crippen LogP contribution in [0.2, 0.25) is 0 Å². The van der Waals surface area contributed by atoms with Crippen molar-refractivity contribution in [1.82, 2.24) is 10.2 Å². The van der Waals surface area contributed by atoms with Gasteiger partial charge in [0.1, 0.15) is 0 Å². The molecule has 1 aliphatic heterocycles. The summed E-state index contributed by atoms with van der Waals surface area (Å²) in [6.07, 6.45) is 1.83. The van der Waals surface area contributed by atoms with Crippen molar-refractivity contribution in [2.75, 3.05) is 25.0 Å². The summed E-state index contributed by atoms with van der Waals surface area (Å²) in [6, 6.07) is 7.81. The summed E-state index contributed by atoms with van der Waals surface area (Å²) in [6.45, 7) is 7.93. The van der Waals surface area contributed by atoms with E-state index in [2.05, 4.69) is 15.6 Å². The highest BCUT2D eigenvalue weighted by Crippen LogP contribution is 2.14. The maximum atomic E-state index is 11.9. The fourth-order valence-corrected chi connectivity index (χ4v) is 3.18. The summed E-state index contributed by atoms with van der Waals surface area (Å²) >= 11 is 0. The van der Waals surface area contributed by atoms with Crippen LogP contribution in [0.5, 0.6) is 0 Å². The van der Waals surface area contributed by atoms with Crippen LogP contribution in [-0.2, 0) is 16.1 Å². The van der Waals surface area contributed by atoms with Crippen molar-refractivity contribution < 1.29 is 14.3 Å². The molecule has 0 saturated carbocycles. The van der Waals surface area contributed by atoms with Crippen molar-refractivity contribution in [2.24, 2.45) is 16.6 Å². The van der Waals surface area contributed by atoms with Gasteiger partial charge in [0.15, 0.2) is 5.96 Å². The maximum absolute atomic E-state index is 11.9. The zero-order chi connectivity index (χ0) is 21.2. The van der Waals surface area contributed by atoms with Gasteiger partial charge in [0.05, 0.1) is 13.2 Å². The lowest BCUT2D eigenvalue weighted by atomic mass is 10.1. The second-order valence-electron chi connectivity index (χ2n) is 7.65. The van der Waals surface area contributed by atoms with Gasteiger partial charge in [0, 0.05) is 31.2 Å². The van der Waals surface area contributed by atoms with E-state index < -0.39 is 0 Å². The summed E-state index contributed by atoms with van der Waals surface area (Å²) in [5.41, 5.74) is 7.76. The summed E-state index contributed by atoms with van der Waals surface area (Å²) in [5.74, 6) is 0.711. The summed E-state index contributed by atoms with van der Waals surface area (Å²) in [7, 11) is 0. The fraction of sp³-hybridized carbons (Fsp3) is 0.571. The van der Waals surface area contributed by atoms with Crippen molar-refractivity contribution in [3.8, 4) is 0 Å². The van der Waals surface area contributed by atoms with Gasteiger partial charge in [0.2, 0.25) is 5.91 Å². The minimum Gasteiger partial charge on any atom is -0.450 e. The van der Waals surface area contributed by atoms with Crippen LogP contribution in [0, 0.1) is 5.92 Å². The highest BCUT2D eigenvalue weighted by atomic mass is 127. The number of hydrogen-bond donors (Lipinski definition) is 3. The van der Waals surface area contributed by atoms with Gasteiger partial charge in [-0.2, -0.15) is 0 Å². The number of nitrogens with one attached hydrogen (secondary N) is 2. The van der Waals surface area contributed by atoms with E-state index in [0.29, 0.717) is 44.5 Å². The standard InChI is InChI=1S/C21H33N5O3.HI/c1-4-29-21(28)26-10-8-17(9-11-26)25-20(22)23-14-16-6-5-7-18(13-16)24-19(27)12-15(2)3;/h5-7,13,15,17H,4,8-12,14H2,1-3H3,(H,24,27)(H3,22,23,25);1H. The van der Waals surface area contributed by atoms with Crippen molar-refractivity contribution in [3.63, 3.8) is 0 Å². The molecule has 2 amide bonds. The van der Waals surface area contributed by atoms with E-state index >= 15 is 0 Å². The third-order valence-corrected chi connectivity index (χ3v) is 4.61. The minimum atomic E-state index is -0.257. The van der Waals surface area contributed by atoms with Crippen LogP contribution in [0.4, 0.5) is 10.5 Å². The fourth-order valence-electron chi connectivity index (χ4n) is 3.18. The van der Waals surface area contributed by atoms with Crippen LogP contribution < -0.4 is 16.4 Å². The largest absolute Gasteiger partial charge is 0.450 e. The molecule has 4 N–H and O–H groups in total. The van der Waals surface area contributed by atoms with Gasteiger partial charge < -0.3 is 26.0 Å². The molecule has 0 atom stereocenters. The number of anilines is 1. The highest BCUT2D eigenvalue weighted by Gasteiger charge is 2.23. The average molecular weight is 531 g/mol. The first-order valence-corrected chi connectivity index (χ1v) is 10.2. The Kier molecular flexibility index (Phi) is 11.5. The van der Waals surface area contributed by atoms with Crippen molar-refractivity contribution in [2.45, 2.75) is 52.6 Å². The van der Waals surface area contributed by atoms with E-state index in [-0.39, 0.29) is 42.0 Å². The molecule has 1 fully saturated rings. The van der Waals surface area contributed by atoms with Gasteiger partial charge >= 0.3 is 6.09 Å². The van der Waals surface area contributed by atoms with Crippen LogP contribution in [0.1, 0.15) is 45.6 Å². The first kappa shape index (κ1) is 26.0. The Morgan fingerprint density at radius 1 is 1.30 bits per heavy atom. The van der Waals surface area contributed by atoms with Crippen molar-refractivity contribution in [3.05, 3.63) is 29.8 Å². The molecule has 0 unspecified atom stereocenters. The Bertz CT molecular complexity index is 718. The van der Waals surface area contributed by atoms with E-state index in [9.17, 15) is 9.59 Å². The number of benzene rings is 1. The molecule has 1 aromatic carbocycles. The lowest BCUT2D eigenvalue weighted by molar-refractivity contribution is -0.116. The molecule has 0 aromatic heterocycles. The zero-order valence-corrected chi connectivity index (χ0v) is 20.3. The predicted molar refractivity (Wildman–Crippen MR) is 130 cm³/mol. The number of piperidine rings is 1. The first-order valence-electron chi connectivity index (χ1n) is 10.2. The lowest BCUT2D eigenvalue weighted by Crippen LogP contribution is -2.48. The Morgan fingerprint density at radius 2 is 2.00 bits per heavy atom. The Labute approximate surface area is 196 Å².